The SMILES string of the molecule is CC(C)(C)OC(=O)N(CCc1ccc(S(=O)(=O)c2ccc(C(N)=NO)cc2)cc1)C[C@@H](O)c1cccc(Cl)c1. The molecule has 0 aliphatic rings. The first-order valence-electron chi connectivity index (χ1n) is 12.1. The highest BCUT2D eigenvalue weighted by molar-refractivity contribution is 7.91. The molecule has 0 radical (unpaired) electrons. The molecule has 0 heterocycles. The van der Waals surface area contributed by atoms with Gasteiger partial charge in [0, 0.05) is 17.1 Å². The Morgan fingerprint density at radius 3 is 2.18 bits per heavy atom. The van der Waals surface area contributed by atoms with E-state index < -0.39 is 27.6 Å². The molecule has 3 aromatic rings. The standard InChI is InChI=1S/C28H32ClN3O6S/c1-28(2,3)38-27(34)32(18-25(33)21-5-4-6-22(29)17-21)16-15-19-7-11-23(12-8-19)39(36,37)24-13-9-20(10-14-24)26(30)31-35/h4-14,17,25,33,35H,15-16,18H2,1-3H3,(H2,30,31)/t25-/m1/s1. The molecular weight excluding hydrogens is 542 g/mol. The molecule has 208 valence electrons. The van der Waals surface area contributed by atoms with Gasteiger partial charge in [-0.15, -0.1) is 0 Å². The number of amides is 1. The number of carbonyl (C=O) groups is 1. The van der Waals surface area contributed by atoms with Gasteiger partial charge in [-0.3, -0.25) is 0 Å². The summed E-state index contributed by atoms with van der Waals surface area (Å²) in [5.41, 5.74) is 6.58. The van der Waals surface area contributed by atoms with Crippen LogP contribution in [0.3, 0.4) is 0 Å². The van der Waals surface area contributed by atoms with Gasteiger partial charge >= 0.3 is 6.09 Å². The van der Waals surface area contributed by atoms with E-state index in [9.17, 15) is 18.3 Å². The lowest BCUT2D eigenvalue weighted by atomic mass is 10.1. The van der Waals surface area contributed by atoms with E-state index >= 15 is 0 Å². The predicted octanol–water partition coefficient (Wildman–Crippen LogP) is 4.78. The fourth-order valence-corrected chi connectivity index (χ4v) is 5.17. The van der Waals surface area contributed by atoms with Crippen molar-refractivity contribution in [3.8, 4) is 0 Å². The molecule has 0 aromatic heterocycles. The number of sulfone groups is 1. The highest BCUT2D eigenvalue weighted by atomic mass is 35.5. The zero-order valence-electron chi connectivity index (χ0n) is 21.9. The molecule has 3 rings (SSSR count). The van der Waals surface area contributed by atoms with Crippen LogP contribution in [0.2, 0.25) is 5.02 Å². The van der Waals surface area contributed by atoms with Gasteiger partial charge < -0.3 is 25.7 Å². The number of rotatable bonds is 9. The van der Waals surface area contributed by atoms with Crippen molar-refractivity contribution in [2.24, 2.45) is 10.9 Å². The van der Waals surface area contributed by atoms with Crippen molar-refractivity contribution in [1.82, 2.24) is 4.90 Å². The average molecular weight is 574 g/mol. The average Bonchev–Trinajstić information content (AvgIpc) is 2.89. The van der Waals surface area contributed by atoms with Crippen molar-refractivity contribution in [2.45, 2.75) is 48.7 Å². The van der Waals surface area contributed by atoms with E-state index in [2.05, 4.69) is 5.16 Å². The van der Waals surface area contributed by atoms with Crippen LogP contribution in [0.4, 0.5) is 4.79 Å². The summed E-state index contributed by atoms with van der Waals surface area (Å²) in [5.74, 6) is -0.121. The quantitative estimate of drug-likeness (QED) is 0.145. The van der Waals surface area contributed by atoms with E-state index in [1.165, 1.54) is 41.3 Å². The van der Waals surface area contributed by atoms with E-state index in [-0.39, 0.29) is 28.7 Å². The Balaban J connectivity index is 1.74. The van der Waals surface area contributed by atoms with Gasteiger partial charge in [0.05, 0.1) is 22.4 Å². The molecule has 0 fully saturated rings. The summed E-state index contributed by atoms with van der Waals surface area (Å²) in [5, 5.41) is 22.9. The first kappa shape index (κ1) is 29.9. The lowest BCUT2D eigenvalue weighted by Crippen LogP contribution is -2.40. The van der Waals surface area contributed by atoms with E-state index in [4.69, 9.17) is 27.3 Å². The molecule has 0 spiro atoms. The maximum Gasteiger partial charge on any atom is 0.410 e. The first-order valence-corrected chi connectivity index (χ1v) is 14.0. The van der Waals surface area contributed by atoms with Gasteiger partial charge in [0.25, 0.3) is 0 Å². The van der Waals surface area contributed by atoms with Crippen LogP contribution in [0.25, 0.3) is 0 Å². The van der Waals surface area contributed by atoms with E-state index in [0.717, 1.165) is 5.56 Å². The van der Waals surface area contributed by atoms with Gasteiger partial charge in [0.2, 0.25) is 9.84 Å². The van der Waals surface area contributed by atoms with E-state index in [1.807, 2.05) is 0 Å². The number of aliphatic hydroxyl groups excluding tert-OH is 1. The number of nitrogens with two attached hydrogens (primary N) is 1. The first-order chi connectivity index (χ1) is 18.3. The Kier molecular flexibility index (Phi) is 9.60. The highest BCUT2D eigenvalue weighted by Crippen LogP contribution is 2.23. The number of nitrogens with zero attached hydrogens (tertiary/aromatic N) is 2. The molecule has 3 aromatic carbocycles. The molecular formula is C28H32ClN3O6S. The highest BCUT2D eigenvalue weighted by Gasteiger charge is 2.25. The molecule has 39 heavy (non-hydrogen) atoms. The van der Waals surface area contributed by atoms with Crippen LogP contribution in [-0.2, 0) is 21.0 Å². The second kappa shape index (κ2) is 12.5. The van der Waals surface area contributed by atoms with Crippen LogP contribution in [-0.4, -0.2) is 54.3 Å². The molecule has 1 atom stereocenters. The number of benzene rings is 3. The van der Waals surface area contributed by atoms with Crippen LogP contribution in [0.5, 0.6) is 0 Å². The van der Waals surface area contributed by atoms with Crippen molar-refractivity contribution in [3.05, 3.63) is 94.5 Å². The molecule has 9 nitrogen and oxygen atoms in total. The number of ether oxygens (including phenoxy) is 1. The summed E-state index contributed by atoms with van der Waals surface area (Å²) >= 11 is 6.05. The van der Waals surface area contributed by atoms with Crippen LogP contribution in [0.15, 0.2) is 87.7 Å². The fourth-order valence-electron chi connectivity index (χ4n) is 3.71. The van der Waals surface area contributed by atoms with Crippen molar-refractivity contribution < 1.29 is 28.3 Å². The Morgan fingerprint density at radius 1 is 1.05 bits per heavy atom. The van der Waals surface area contributed by atoms with Crippen molar-refractivity contribution >= 4 is 33.4 Å². The predicted molar refractivity (Wildman–Crippen MR) is 149 cm³/mol. The van der Waals surface area contributed by atoms with Crippen LogP contribution in [0, 0.1) is 0 Å². The van der Waals surface area contributed by atoms with Gasteiger partial charge in [0.1, 0.15) is 5.60 Å². The summed E-state index contributed by atoms with van der Waals surface area (Å²) in [6.07, 6.45) is -1.15. The minimum absolute atomic E-state index is 0.0107. The molecule has 11 heteroatoms. The number of oxime groups is 1. The molecule has 4 N–H and O–H groups in total. The second-order valence-corrected chi connectivity index (χ2v) is 12.3. The van der Waals surface area contributed by atoms with Crippen LogP contribution >= 0.6 is 11.6 Å². The molecule has 0 saturated heterocycles. The Hall–Kier alpha value is -3.60. The number of amidine groups is 1. The monoisotopic (exact) mass is 573 g/mol. The number of carbonyl (C=O) groups excluding carboxylic acids is 1. The normalized spacial score (nSPS) is 13.1. The van der Waals surface area contributed by atoms with Crippen molar-refractivity contribution in [2.75, 3.05) is 13.1 Å². The Bertz CT molecular complexity index is 1420. The topological polar surface area (TPSA) is 143 Å². The van der Waals surface area contributed by atoms with Gasteiger partial charge in [0.15, 0.2) is 5.84 Å². The summed E-state index contributed by atoms with van der Waals surface area (Å²) in [7, 11) is -3.79. The third-order valence-electron chi connectivity index (χ3n) is 5.75. The smallest absolute Gasteiger partial charge is 0.410 e. The van der Waals surface area contributed by atoms with Gasteiger partial charge in [-0.1, -0.05) is 41.0 Å². The van der Waals surface area contributed by atoms with Crippen molar-refractivity contribution in [1.29, 1.82) is 0 Å². The lowest BCUT2D eigenvalue weighted by molar-refractivity contribution is 0.0147. The van der Waals surface area contributed by atoms with Gasteiger partial charge in [-0.05, 0) is 86.8 Å². The fraction of sp³-hybridized carbons (Fsp3) is 0.286. The lowest BCUT2D eigenvalue weighted by Gasteiger charge is -2.29. The molecule has 0 saturated carbocycles. The van der Waals surface area contributed by atoms with E-state index in [1.54, 1.807) is 57.2 Å². The van der Waals surface area contributed by atoms with Crippen LogP contribution < -0.4 is 5.73 Å². The Morgan fingerprint density at radius 2 is 1.64 bits per heavy atom. The van der Waals surface area contributed by atoms with Gasteiger partial charge in [-0.2, -0.15) is 0 Å². The van der Waals surface area contributed by atoms with Crippen molar-refractivity contribution in [3.63, 3.8) is 0 Å². The van der Waals surface area contributed by atoms with Crippen LogP contribution in [0.1, 0.15) is 43.6 Å². The molecule has 1 amide bonds. The minimum Gasteiger partial charge on any atom is -0.444 e. The Labute approximate surface area is 233 Å². The molecule has 0 aliphatic carbocycles. The number of hydrogen-bond acceptors (Lipinski definition) is 7. The minimum atomic E-state index is -3.79. The number of hydrogen-bond donors (Lipinski definition) is 3. The second-order valence-electron chi connectivity index (χ2n) is 9.90. The third-order valence-corrected chi connectivity index (χ3v) is 7.77. The summed E-state index contributed by atoms with van der Waals surface area (Å²) in [6, 6.07) is 18.8. The summed E-state index contributed by atoms with van der Waals surface area (Å²) < 4.78 is 31.6. The van der Waals surface area contributed by atoms with E-state index in [0.29, 0.717) is 22.6 Å². The number of halogens is 1. The maximum atomic E-state index is 13.0. The molecule has 0 aliphatic heterocycles. The number of aliphatic hydroxyl groups is 1. The summed E-state index contributed by atoms with van der Waals surface area (Å²) in [6.45, 7) is 5.51. The van der Waals surface area contributed by atoms with Gasteiger partial charge in [-0.25, -0.2) is 13.2 Å². The maximum absolute atomic E-state index is 13.0. The largest absolute Gasteiger partial charge is 0.444 e. The summed E-state index contributed by atoms with van der Waals surface area (Å²) in [4.78, 5) is 14.5. The zero-order chi connectivity index (χ0) is 28.8. The molecule has 0 unspecified atom stereocenters. The third kappa shape index (κ3) is 8.19. The zero-order valence-corrected chi connectivity index (χ0v) is 23.5. The molecule has 0 bridgehead atoms.